The van der Waals surface area contributed by atoms with Crippen LogP contribution in [-0.4, -0.2) is 18.0 Å². The van der Waals surface area contributed by atoms with E-state index in [2.05, 4.69) is 31.8 Å². The zero-order valence-corrected chi connectivity index (χ0v) is 12.8. The SMILES string of the molecule is O=C(NCc1ccco1)C(=O)N/N=C\c1ccc(F)c(Br)c1. The Morgan fingerprint density at radius 3 is 2.82 bits per heavy atom. The van der Waals surface area contributed by atoms with Crippen molar-refractivity contribution in [1.82, 2.24) is 10.7 Å². The van der Waals surface area contributed by atoms with E-state index < -0.39 is 17.6 Å². The Labute approximate surface area is 133 Å². The van der Waals surface area contributed by atoms with E-state index in [4.69, 9.17) is 4.42 Å². The van der Waals surface area contributed by atoms with Gasteiger partial charge in [0, 0.05) is 0 Å². The fraction of sp³-hybridized carbons (Fsp3) is 0.0714. The quantitative estimate of drug-likeness (QED) is 0.492. The number of hydrazone groups is 1. The number of furan rings is 1. The van der Waals surface area contributed by atoms with E-state index in [-0.39, 0.29) is 11.0 Å². The van der Waals surface area contributed by atoms with E-state index in [0.717, 1.165) is 0 Å². The summed E-state index contributed by atoms with van der Waals surface area (Å²) in [6, 6.07) is 7.56. The number of carbonyl (C=O) groups excluding carboxylic acids is 2. The number of carbonyl (C=O) groups is 2. The van der Waals surface area contributed by atoms with Crippen molar-refractivity contribution in [3.63, 3.8) is 0 Å². The van der Waals surface area contributed by atoms with Crippen LogP contribution in [0.4, 0.5) is 4.39 Å². The lowest BCUT2D eigenvalue weighted by Gasteiger charge is -2.01. The van der Waals surface area contributed by atoms with Crippen LogP contribution in [0, 0.1) is 5.82 Å². The summed E-state index contributed by atoms with van der Waals surface area (Å²) in [6.07, 6.45) is 2.76. The van der Waals surface area contributed by atoms with Gasteiger partial charge in [0.25, 0.3) is 0 Å². The van der Waals surface area contributed by atoms with E-state index in [1.165, 1.54) is 30.7 Å². The molecule has 0 fully saturated rings. The van der Waals surface area contributed by atoms with Gasteiger partial charge in [-0.3, -0.25) is 9.59 Å². The van der Waals surface area contributed by atoms with Gasteiger partial charge in [0.05, 0.1) is 23.5 Å². The number of hydrogen-bond acceptors (Lipinski definition) is 4. The van der Waals surface area contributed by atoms with Crippen LogP contribution in [0.2, 0.25) is 0 Å². The van der Waals surface area contributed by atoms with E-state index in [1.807, 2.05) is 0 Å². The summed E-state index contributed by atoms with van der Waals surface area (Å²) in [5, 5.41) is 6.00. The molecule has 0 unspecified atom stereocenters. The molecular formula is C14H11BrFN3O3. The molecule has 22 heavy (non-hydrogen) atoms. The third-order valence-electron chi connectivity index (χ3n) is 2.53. The predicted molar refractivity (Wildman–Crippen MR) is 80.4 cm³/mol. The van der Waals surface area contributed by atoms with Crippen LogP contribution in [0.3, 0.4) is 0 Å². The summed E-state index contributed by atoms with van der Waals surface area (Å²) in [5.41, 5.74) is 2.63. The molecule has 2 aromatic rings. The number of halogens is 2. The van der Waals surface area contributed by atoms with Crippen LogP contribution >= 0.6 is 15.9 Å². The smallest absolute Gasteiger partial charge is 0.329 e. The fourth-order valence-corrected chi connectivity index (χ4v) is 1.87. The van der Waals surface area contributed by atoms with Gasteiger partial charge in [-0.25, -0.2) is 9.82 Å². The first-order valence-corrected chi connectivity index (χ1v) is 6.94. The first kappa shape index (κ1) is 15.9. The Hall–Kier alpha value is -2.48. The molecule has 1 aromatic carbocycles. The molecule has 0 aliphatic rings. The number of benzene rings is 1. The van der Waals surface area contributed by atoms with Gasteiger partial charge in [0.2, 0.25) is 0 Å². The van der Waals surface area contributed by atoms with Crippen molar-refractivity contribution in [1.29, 1.82) is 0 Å². The molecule has 0 aliphatic heterocycles. The van der Waals surface area contributed by atoms with Gasteiger partial charge >= 0.3 is 11.8 Å². The summed E-state index contributed by atoms with van der Waals surface area (Å²) < 4.78 is 18.3. The number of rotatable bonds is 4. The first-order chi connectivity index (χ1) is 10.6. The van der Waals surface area contributed by atoms with E-state index in [0.29, 0.717) is 11.3 Å². The highest BCUT2D eigenvalue weighted by atomic mass is 79.9. The lowest BCUT2D eigenvalue weighted by Crippen LogP contribution is -2.37. The van der Waals surface area contributed by atoms with Crippen molar-refractivity contribution < 1.29 is 18.4 Å². The fourth-order valence-electron chi connectivity index (χ4n) is 1.47. The third kappa shape index (κ3) is 4.52. The van der Waals surface area contributed by atoms with Gasteiger partial charge in [0.1, 0.15) is 11.6 Å². The molecule has 0 bridgehead atoms. The number of hydrogen-bond donors (Lipinski definition) is 2. The minimum absolute atomic E-state index is 0.105. The highest BCUT2D eigenvalue weighted by molar-refractivity contribution is 9.10. The van der Waals surface area contributed by atoms with Gasteiger partial charge in [-0.1, -0.05) is 6.07 Å². The Bertz CT molecular complexity index is 701. The molecule has 0 saturated heterocycles. The summed E-state index contributed by atoms with van der Waals surface area (Å²) in [6.45, 7) is 0.105. The van der Waals surface area contributed by atoms with Gasteiger partial charge in [-0.05, 0) is 45.8 Å². The maximum Gasteiger partial charge on any atom is 0.329 e. The van der Waals surface area contributed by atoms with E-state index in [9.17, 15) is 14.0 Å². The molecule has 0 atom stereocenters. The predicted octanol–water partition coefficient (Wildman–Crippen LogP) is 1.95. The zero-order valence-electron chi connectivity index (χ0n) is 11.2. The Morgan fingerprint density at radius 1 is 1.32 bits per heavy atom. The molecule has 0 radical (unpaired) electrons. The molecule has 8 heteroatoms. The number of amides is 2. The molecule has 6 nitrogen and oxygen atoms in total. The molecule has 1 aromatic heterocycles. The second kappa shape index (κ2) is 7.51. The lowest BCUT2D eigenvalue weighted by molar-refractivity contribution is -0.139. The second-order valence-electron chi connectivity index (χ2n) is 4.13. The van der Waals surface area contributed by atoms with Gasteiger partial charge in [-0.15, -0.1) is 0 Å². The van der Waals surface area contributed by atoms with Crippen LogP contribution < -0.4 is 10.7 Å². The lowest BCUT2D eigenvalue weighted by atomic mass is 10.2. The van der Waals surface area contributed by atoms with Gasteiger partial charge in [0.15, 0.2) is 0 Å². The van der Waals surface area contributed by atoms with Crippen LogP contribution in [0.1, 0.15) is 11.3 Å². The summed E-state index contributed by atoms with van der Waals surface area (Å²) >= 11 is 3.03. The standard InChI is InChI=1S/C14H11BrFN3O3/c15-11-6-9(3-4-12(11)16)7-18-19-14(21)13(20)17-8-10-2-1-5-22-10/h1-7H,8H2,(H,17,20)(H,19,21)/b18-7-. The highest BCUT2D eigenvalue weighted by Crippen LogP contribution is 2.15. The van der Waals surface area contributed by atoms with Crippen LogP contribution in [0.5, 0.6) is 0 Å². The highest BCUT2D eigenvalue weighted by Gasteiger charge is 2.12. The third-order valence-corrected chi connectivity index (χ3v) is 3.14. The van der Waals surface area contributed by atoms with Crippen molar-refractivity contribution in [2.24, 2.45) is 5.10 Å². The molecule has 0 aliphatic carbocycles. The van der Waals surface area contributed by atoms with Crippen molar-refractivity contribution in [3.05, 3.63) is 58.2 Å². The Morgan fingerprint density at radius 2 is 2.14 bits per heavy atom. The molecule has 0 saturated carbocycles. The molecule has 1 heterocycles. The molecule has 2 amide bonds. The largest absolute Gasteiger partial charge is 0.467 e. The molecule has 114 valence electrons. The van der Waals surface area contributed by atoms with E-state index in [1.54, 1.807) is 12.1 Å². The molecule has 2 rings (SSSR count). The average molecular weight is 368 g/mol. The summed E-state index contributed by atoms with van der Waals surface area (Å²) in [5.74, 6) is -1.63. The van der Waals surface area contributed by atoms with Crippen LogP contribution in [0.25, 0.3) is 0 Å². The average Bonchev–Trinajstić information content (AvgIpc) is 3.01. The number of nitrogens with one attached hydrogen (secondary N) is 2. The maximum atomic E-state index is 13.0. The van der Waals surface area contributed by atoms with Crippen molar-refractivity contribution in [2.45, 2.75) is 6.54 Å². The van der Waals surface area contributed by atoms with Crippen molar-refractivity contribution in [2.75, 3.05) is 0 Å². The molecular weight excluding hydrogens is 357 g/mol. The summed E-state index contributed by atoms with van der Waals surface area (Å²) in [7, 11) is 0. The Balaban J connectivity index is 1.82. The Kier molecular flexibility index (Phi) is 5.42. The molecule has 2 N–H and O–H groups in total. The van der Waals surface area contributed by atoms with E-state index >= 15 is 0 Å². The topological polar surface area (TPSA) is 83.7 Å². The van der Waals surface area contributed by atoms with Crippen LogP contribution in [-0.2, 0) is 16.1 Å². The maximum absolute atomic E-state index is 13.0. The molecule has 0 spiro atoms. The summed E-state index contributed by atoms with van der Waals surface area (Å²) in [4.78, 5) is 23.0. The van der Waals surface area contributed by atoms with Gasteiger partial charge in [-0.2, -0.15) is 5.10 Å². The zero-order chi connectivity index (χ0) is 15.9. The minimum atomic E-state index is -0.913. The second-order valence-corrected chi connectivity index (χ2v) is 4.99. The minimum Gasteiger partial charge on any atom is -0.467 e. The van der Waals surface area contributed by atoms with Crippen LogP contribution in [0.15, 0.2) is 50.6 Å². The van der Waals surface area contributed by atoms with Gasteiger partial charge < -0.3 is 9.73 Å². The van der Waals surface area contributed by atoms with Crippen molar-refractivity contribution >= 4 is 34.0 Å². The van der Waals surface area contributed by atoms with Crippen molar-refractivity contribution in [3.8, 4) is 0 Å². The first-order valence-electron chi connectivity index (χ1n) is 6.15. The monoisotopic (exact) mass is 367 g/mol. The number of nitrogens with zero attached hydrogens (tertiary/aromatic N) is 1. The normalized spacial score (nSPS) is 10.6.